The molecule has 0 unspecified atom stereocenters. The van der Waals surface area contributed by atoms with Gasteiger partial charge in [0.05, 0.1) is 10.6 Å². The second kappa shape index (κ2) is 12.8. The summed E-state index contributed by atoms with van der Waals surface area (Å²) in [6.45, 7) is 7.10. The van der Waals surface area contributed by atoms with Crippen LogP contribution in [0.5, 0.6) is 0 Å². The van der Waals surface area contributed by atoms with Crippen molar-refractivity contribution in [3.05, 3.63) is 92.9 Å². The zero-order valence-electron chi connectivity index (χ0n) is 21.7. The Morgan fingerprint density at radius 3 is 2.21 bits per heavy atom. The molecule has 2 amide bonds. The van der Waals surface area contributed by atoms with Gasteiger partial charge in [-0.2, -0.15) is 0 Å². The van der Waals surface area contributed by atoms with Gasteiger partial charge in [-0.25, -0.2) is 8.42 Å². The van der Waals surface area contributed by atoms with E-state index < -0.39 is 28.5 Å². The highest BCUT2D eigenvalue weighted by Gasteiger charge is 2.32. The smallest absolute Gasteiger partial charge is 0.264 e. The minimum absolute atomic E-state index is 0.0452. The molecule has 38 heavy (non-hydrogen) atoms. The Morgan fingerprint density at radius 1 is 1.00 bits per heavy atom. The number of hydrogen-bond acceptors (Lipinski definition) is 4. The lowest BCUT2D eigenvalue weighted by atomic mass is 10.1. The third-order valence-corrected chi connectivity index (χ3v) is 8.84. The topological polar surface area (TPSA) is 86.8 Å². The van der Waals surface area contributed by atoms with Gasteiger partial charge in [0.2, 0.25) is 11.8 Å². The van der Waals surface area contributed by atoms with E-state index in [0.717, 1.165) is 25.5 Å². The number of benzene rings is 3. The summed E-state index contributed by atoms with van der Waals surface area (Å²) in [7, 11) is -4.14. The van der Waals surface area contributed by atoms with Crippen LogP contribution >= 0.6 is 27.5 Å². The number of rotatable bonds is 10. The van der Waals surface area contributed by atoms with Crippen LogP contribution in [0, 0.1) is 13.8 Å². The van der Waals surface area contributed by atoms with Crippen LogP contribution < -0.4 is 9.62 Å². The van der Waals surface area contributed by atoms with Crippen LogP contribution in [0.2, 0.25) is 5.02 Å². The number of aryl methyl sites for hydroxylation is 2. The lowest BCUT2D eigenvalue weighted by Gasteiger charge is -2.32. The summed E-state index contributed by atoms with van der Waals surface area (Å²) in [4.78, 5) is 28.0. The zero-order valence-corrected chi connectivity index (χ0v) is 24.9. The molecule has 1 atom stereocenters. The fourth-order valence-corrected chi connectivity index (χ4v) is 5.64. The summed E-state index contributed by atoms with van der Waals surface area (Å²) in [5.41, 5.74) is 2.73. The Labute approximate surface area is 238 Å². The van der Waals surface area contributed by atoms with Crippen molar-refractivity contribution in [2.24, 2.45) is 0 Å². The van der Waals surface area contributed by atoms with Crippen molar-refractivity contribution in [1.82, 2.24) is 10.2 Å². The van der Waals surface area contributed by atoms with Gasteiger partial charge in [0, 0.05) is 22.6 Å². The van der Waals surface area contributed by atoms with Crippen LogP contribution in [-0.4, -0.2) is 44.3 Å². The number of amides is 2. The molecule has 0 saturated carbocycles. The van der Waals surface area contributed by atoms with Crippen LogP contribution in [-0.2, 0) is 26.2 Å². The van der Waals surface area contributed by atoms with Crippen molar-refractivity contribution in [3.8, 4) is 0 Å². The minimum atomic E-state index is -4.14. The van der Waals surface area contributed by atoms with E-state index in [0.29, 0.717) is 11.6 Å². The van der Waals surface area contributed by atoms with Gasteiger partial charge in [-0.15, -0.1) is 0 Å². The van der Waals surface area contributed by atoms with Crippen molar-refractivity contribution >= 4 is 55.1 Å². The van der Waals surface area contributed by atoms with Crippen molar-refractivity contribution in [3.63, 3.8) is 0 Å². The average molecular weight is 621 g/mol. The first-order chi connectivity index (χ1) is 17.9. The molecule has 7 nitrogen and oxygen atoms in total. The highest BCUT2D eigenvalue weighted by atomic mass is 79.9. The first-order valence-corrected chi connectivity index (χ1v) is 14.7. The Morgan fingerprint density at radius 2 is 1.63 bits per heavy atom. The number of halogens is 2. The van der Waals surface area contributed by atoms with Gasteiger partial charge in [-0.3, -0.25) is 13.9 Å². The monoisotopic (exact) mass is 619 g/mol. The van der Waals surface area contributed by atoms with Crippen LogP contribution in [0.25, 0.3) is 0 Å². The molecule has 3 aromatic rings. The average Bonchev–Trinajstić information content (AvgIpc) is 2.88. The molecule has 0 aliphatic heterocycles. The first-order valence-electron chi connectivity index (χ1n) is 12.1. The van der Waals surface area contributed by atoms with Gasteiger partial charge in [0.15, 0.2) is 0 Å². The van der Waals surface area contributed by atoms with Gasteiger partial charge in [0.1, 0.15) is 12.6 Å². The molecule has 202 valence electrons. The Balaban J connectivity index is 2.05. The number of carbonyl (C=O) groups is 2. The lowest BCUT2D eigenvalue weighted by molar-refractivity contribution is -0.139. The van der Waals surface area contributed by atoms with Gasteiger partial charge < -0.3 is 10.2 Å². The van der Waals surface area contributed by atoms with Crippen LogP contribution in [0.15, 0.2) is 76.1 Å². The highest BCUT2D eigenvalue weighted by Crippen LogP contribution is 2.29. The molecule has 10 heteroatoms. The largest absolute Gasteiger partial charge is 0.355 e. The molecule has 0 bridgehead atoms. The van der Waals surface area contributed by atoms with Crippen molar-refractivity contribution in [1.29, 1.82) is 0 Å². The van der Waals surface area contributed by atoms with Gasteiger partial charge in [0.25, 0.3) is 10.0 Å². The maximum Gasteiger partial charge on any atom is 0.264 e. The number of nitrogens with one attached hydrogen (secondary N) is 1. The fraction of sp³-hybridized carbons (Fsp3) is 0.286. The number of nitrogens with zero attached hydrogens (tertiary/aromatic N) is 2. The summed E-state index contributed by atoms with van der Waals surface area (Å²) in [6.07, 6.45) is 0. The molecule has 0 fully saturated rings. The zero-order chi connectivity index (χ0) is 28.0. The van der Waals surface area contributed by atoms with Crippen molar-refractivity contribution < 1.29 is 18.0 Å². The van der Waals surface area contributed by atoms with E-state index >= 15 is 0 Å². The third kappa shape index (κ3) is 7.15. The summed E-state index contributed by atoms with van der Waals surface area (Å²) in [5.74, 6) is -0.858. The van der Waals surface area contributed by atoms with E-state index in [4.69, 9.17) is 11.6 Å². The van der Waals surface area contributed by atoms with E-state index in [9.17, 15) is 18.0 Å². The summed E-state index contributed by atoms with van der Waals surface area (Å²) < 4.78 is 29.6. The quantitative estimate of drug-likeness (QED) is 0.326. The minimum Gasteiger partial charge on any atom is -0.355 e. The molecule has 0 radical (unpaired) electrons. The van der Waals surface area contributed by atoms with E-state index in [2.05, 4.69) is 21.2 Å². The Bertz CT molecular complexity index is 1400. The Kier molecular flexibility index (Phi) is 9.98. The Hall–Kier alpha value is -2.88. The molecule has 0 aliphatic carbocycles. The van der Waals surface area contributed by atoms with Crippen LogP contribution in [0.4, 0.5) is 5.69 Å². The lowest BCUT2D eigenvalue weighted by Crippen LogP contribution is -2.51. The second-order valence-corrected chi connectivity index (χ2v) is 12.2. The third-order valence-electron chi connectivity index (χ3n) is 6.12. The number of carbonyl (C=O) groups excluding carboxylic acids is 2. The van der Waals surface area contributed by atoms with E-state index in [1.807, 2.05) is 38.1 Å². The maximum atomic E-state index is 13.8. The predicted molar refractivity (Wildman–Crippen MR) is 155 cm³/mol. The first kappa shape index (κ1) is 29.7. The molecule has 1 N–H and O–H groups in total. The maximum absolute atomic E-state index is 13.8. The molecular weight excluding hydrogens is 590 g/mol. The fourth-order valence-electron chi connectivity index (χ4n) is 3.79. The molecule has 0 saturated heterocycles. The van der Waals surface area contributed by atoms with Crippen LogP contribution in [0.1, 0.15) is 30.5 Å². The SMILES string of the molecule is CCNC(=O)[C@H](C)N(Cc1ccc(Br)cc1)C(=O)CN(c1ccc(C)c(Cl)c1)S(=O)(=O)c1ccc(C)cc1. The van der Waals surface area contributed by atoms with Gasteiger partial charge in [-0.05, 0) is 75.2 Å². The molecule has 3 aromatic carbocycles. The number of likely N-dealkylation sites (N-methyl/N-ethyl adjacent to an activating group) is 1. The van der Waals surface area contributed by atoms with Gasteiger partial charge in [-0.1, -0.05) is 63.4 Å². The second-order valence-electron chi connectivity index (χ2n) is 8.98. The molecular formula is C28H31BrClN3O4S. The summed E-state index contributed by atoms with van der Waals surface area (Å²) in [5, 5.41) is 3.12. The summed E-state index contributed by atoms with van der Waals surface area (Å²) >= 11 is 9.75. The van der Waals surface area contributed by atoms with Crippen LogP contribution in [0.3, 0.4) is 0 Å². The van der Waals surface area contributed by atoms with E-state index in [1.165, 1.54) is 23.1 Å². The molecule has 0 spiro atoms. The van der Waals surface area contributed by atoms with E-state index in [-0.39, 0.29) is 23.0 Å². The number of sulfonamides is 1. The summed E-state index contributed by atoms with van der Waals surface area (Å²) in [6, 6.07) is 17.8. The number of hydrogen-bond donors (Lipinski definition) is 1. The number of anilines is 1. The molecule has 0 aromatic heterocycles. The highest BCUT2D eigenvalue weighted by molar-refractivity contribution is 9.10. The molecule has 3 rings (SSSR count). The standard InChI is InChI=1S/C28H31BrClN3O4S/c1-5-31-28(35)21(4)32(17-22-9-11-23(29)12-10-22)27(34)18-33(24-13-8-20(3)26(30)16-24)38(36,37)25-14-6-19(2)7-15-25/h6-16,21H,5,17-18H2,1-4H3,(H,31,35)/t21-/m0/s1. The van der Waals surface area contributed by atoms with Crippen molar-refractivity contribution in [2.45, 2.75) is 45.2 Å². The molecule has 0 aliphatic rings. The molecule has 0 heterocycles. The van der Waals surface area contributed by atoms with Gasteiger partial charge >= 0.3 is 0 Å². The predicted octanol–water partition coefficient (Wildman–Crippen LogP) is 5.47. The van der Waals surface area contributed by atoms with E-state index in [1.54, 1.807) is 38.1 Å². The normalized spacial score (nSPS) is 12.1. The van der Waals surface area contributed by atoms with Crippen molar-refractivity contribution in [2.75, 3.05) is 17.4 Å².